The van der Waals surface area contributed by atoms with E-state index in [2.05, 4.69) is 16.2 Å². The Balaban J connectivity index is 1.48. The molecule has 3 aromatic rings. The number of hydrogen-bond donors (Lipinski definition) is 3. The van der Waals surface area contributed by atoms with E-state index in [0.29, 0.717) is 35.6 Å². The van der Waals surface area contributed by atoms with Crippen LogP contribution in [0.5, 0.6) is 5.75 Å². The number of rotatable bonds is 9. The Hall–Kier alpha value is -4.13. The largest absolute Gasteiger partial charge is 0.493 e. The van der Waals surface area contributed by atoms with Crippen molar-refractivity contribution < 1.29 is 19.1 Å². The zero-order valence-corrected chi connectivity index (χ0v) is 18.5. The third kappa shape index (κ3) is 7.50. The summed E-state index contributed by atoms with van der Waals surface area (Å²) in [7, 11) is 0. The van der Waals surface area contributed by atoms with Crippen LogP contribution < -0.4 is 20.9 Å². The molecule has 0 saturated heterocycles. The van der Waals surface area contributed by atoms with Gasteiger partial charge in [-0.3, -0.25) is 25.2 Å². The van der Waals surface area contributed by atoms with Crippen molar-refractivity contribution in [3.8, 4) is 5.75 Å². The van der Waals surface area contributed by atoms with E-state index in [4.69, 9.17) is 4.74 Å². The van der Waals surface area contributed by atoms with Gasteiger partial charge < -0.3 is 10.1 Å². The first-order chi connectivity index (χ1) is 16.0. The SMILES string of the molecule is CCCC(=O)Nc1ccc(C(=O)NNC(=O)c2cccc(OCCc3ccccc3)c2)cc1. The summed E-state index contributed by atoms with van der Waals surface area (Å²) in [4.78, 5) is 36.4. The van der Waals surface area contributed by atoms with Crippen molar-refractivity contribution in [1.82, 2.24) is 10.9 Å². The average molecular weight is 446 g/mol. The van der Waals surface area contributed by atoms with Crippen LogP contribution in [-0.2, 0) is 11.2 Å². The molecule has 0 saturated carbocycles. The fourth-order valence-corrected chi connectivity index (χ4v) is 3.07. The number of amides is 3. The highest BCUT2D eigenvalue weighted by Crippen LogP contribution is 2.14. The minimum atomic E-state index is -0.468. The van der Waals surface area contributed by atoms with Crippen molar-refractivity contribution in [2.24, 2.45) is 0 Å². The van der Waals surface area contributed by atoms with Gasteiger partial charge in [0.1, 0.15) is 5.75 Å². The molecule has 170 valence electrons. The molecule has 7 heteroatoms. The molecular weight excluding hydrogens is 418 g/mol. The lowest BCUT2D eigenvalue weighted by molar-refractivity contribution is -0.116. The first kappa shape index (κ1) is 23.5. The van der Waals surface area contributed by atoms with Crippen LogP contribution in [0.2, 0.25) is 0 Å². The highest BCUT2D eigenvalue weighted by Gasteiger charge is 2.10. The summed E-state index contributed by atoms with van der Waals surface area (Å²) in [5, 5.41) is 2.76. The average Bonchev–Trinajstić information content (AvgIpc) is 2.84. The molecule has 3 amide bonds. The molecular formula is C26H27N3O4. The Labute approximate surface area is 193 Å². The van der Waals surface area contributed by atoms with Crippen LogP contribution in [0.25, 0.3) is 0 Å². The lowest BCUT2D eigenvalue weighted by Gasteiger charge is -2.10. The summed E-state index contributed by atoms with van der Waals surface area (Å²) in [6.07, 6.45) is 1.96. The van der Waals surface area contributed by atoms with Gasteiger partial charge in [0.15, 0.2) is 0 Å². The Kier molecular flexibility index (Phi) is 8.59. The molecule has 0 fully saturated rings. The molecule has 0 radical (unpaired) electrons. The molecule has 0 unspecified atom stereocenters. The van der Waals surface area contributed by atoms with Gasteiger partial charge in [-0.05, 0) is 54.4 Å². The van der Waals surface area contributed by atoms with E-state index in [0.717, 1.165) is 12.8 Å². The number of ether oxygens (including phenoxy) is 1. The maximum Gasteiger partial charge on any atom is 0.269 e. The summed E-state index contributed by atoms with van der Waals surface area (Å²) < 4.78 is 5.75. The number of hydrogen-bond acceptors (Lipinski definition) is 4. The number of anilines is 1. The summed E-state index contributed by atoms with van der Waals surface area (Å²) in [6, 6.07) is 23.2. The van der Waals surface area contributed by atoms with Crippen molar-refractivity contribution in [2.75, 3.05) is 11.9 Å². The molecule has 0 aliphatic heterocycles. The van der Waals surface area contributed by atoms with Gasteiger partial charge in [-0.2, -0.15) is 0 Å². The zero-order chi connectivity index (χ0) is 23.5. The molecule has 0 aliphatic rings. The standard InChI is InChI=1S/C26H27N3O4/c1-2-7-24(30)27-22-14-12-20(13-15-22)25(31)28-29-26(32)21-10-6-11-23(18-21)33-17-16-19-8-4-3-5-9-19/h3-6,8-15,18H,2,7,16-17H2,1H3,(H,27,30)(H,28,31)(H,29,32). The molecule has 0 heterocycles. The van der Waals surface area contributed by atoms with Gasteiger partial charge >= 0.3 is 0 Å². The van der Waals surface area contributed by atoms with Gasteiger partial charge in [-0.25, -0.2) is 0 Å². The van der Waals surface area contributed by atoms with E-state index in [1.54, 1.807) is 48.5 Å². The molecule has 0 bridgehead atoms. The van der Waals surface area contributed by atoms with Crippen molar-refractivity contribution in [3.05, 3.63) is 95.6 Å². The van der Waals surface area contributed by atoms with Gasteiger partial charge in [0.2, 0.25) is 5.91 Å². The predicted octanol–water partition coefficient (Wildman–Crippen LogP) is 4.12. The predicted molar refractivity (Wildman–Crippen MR) is 127 cm³/mol. The third-order valence-electron chi connectivity index (χ3n) is 4.80. The monoisotopic (exact) mass is 445 g/mol. The summed E-state index contributed by atoms with van der Waals surface area (Å²) in [5.74, 6) is -0.427. The van der Waals surface area contributed by atoms with Crippen molar-refractivity contribution in [1.29, 1.82) is 0 Å². The fourth-order valence-electron chi connectivity index (χ4n) is 3.07. The molecule has 3 N–H and O–H groups in total. The van der Waals surface area contributed by atoms with Gasteiger partial charge in [0.05, 0.1) is 6.61 Å². The second-order valence-corrected chi connectivity index (χ2v) is 7.40. The van der Waals surface area contributed by atoms with Crippen LogP contribution in [0, 0.1) is 0 Å². The molecule has 0 aliphatic carbocycles. The van der Waals surface area contributed by atoms with Crippen molar-refractivity contribution in [2.45, 2.75) is 26.2 Å². The summed E-state index contributed by atoms with van der Waals surface area (Å²) >= 11 is 0. The molecule has 7 nitrogen and oxygen atoms in total. The van der Waals surface area contributed by atoms with E-state index in [1.807, 2.05) is 37.3 Å². The zero-order valence-electron chi connectivity index (χ0n) is 18.5. The second kappa shape index (κ2) is 12.0. The number of carbonyl (C=O) groups excluding carboxylic acids is 3. The first-order valence-corrected chi connectivity index (χ1v) is 10.8. The molecule has 0 atom stereocenters. The highest BCUT2D eigenvalue weighted by atomic mass is 16.5. The maximum absolute atomic E-state index is 12.4. The second-order valence-electron chi connectivity index (χ2n) is 7.40. The van der Waals surface area contributed by atoms with Gasteiger partial charge in [-0.15, -0.1) is 0 Å². The van der Waals surface area contributed by atoms with Crippen LogP contribution in [0.3, 0.4) is 0 Å². The first-order valence-electron chi connectivity index (χ1n) is 10.8. The smallest absolute Gasteiger partial charge is 0.269 e. The molecule has 33 heavy (non-hydrogen) atoms. The van der Waals surface area contributed by atoms with Crippen LogP contribution in [0.1, 0.15) is 46.0 Å². The van der Waals surface area contributed by atoms with Crippen molar-refractivity contribution >= 4 is 23.4 Å². The molecule has 3 rings (SSSR count). The summed E-state index contributed by atoms with van der Waals surface area (Å²) in [6.45, 7) is 2.41. The quantitative estimate of drug-likeness (QED) is 0.432. The van der Waals surface area contributed by atoms with Crippen molar-refractivity contribution in [3.63, 3.8) is 0 Å². The normalized spacial score (nSPS) is 10.2. The topological polar surface area (TPSA) is 96.5 Å². The Bertz CT molecular complexity index is 1080. The van der Waals surface area contributed by atoms with E-state index >= 15 is 0 Å². The minimum absolute atomic E-state index is 0.0757. The van der Waals surface area contributed by atoms with E-state index < -0.39 is 11.8 Å². The van der Waals surface area contributed by atoms with Gasteiger partial charge in [0.25, 0.3) is 11.8 Å². The lowest BCUT2D eigenvalue weighted by Crippen LogP contribution is -2.41. The van der Waals surface area contributed by atoms with Crippen LogP contribution in [-0.4, -0.2) is 24.3 Å². The van der Waals surface area contributed by atoms with E-state index in [-0.39, 0.29) is 5.91 Å². The number of carbonyl (C=O) groups is 3. The van der Waals surface area contributed by atoms with Gasteiger partial charge in [-0.1, -0.05) is 43.3 Å². The van der Waals surface area contributed by atoms with Gasteiger partial charge in [0, 0.05) is 29.7 Å². The Morgan fingerprint density at radius 3 is 2.18 bits per heavy atom. The summed E-state index contributed by atoms with van der Waals surface area (Å²) in [5.41, 5.74) is 7.29. The van der Waals surface area contributed by atoms with E-state index in [1.165, 1.54) is 5.56 Å². The maximum atomic E-state index is 12.4. The molecule has 0 spiro atoms. The Morgan fingerprint density at radius 1 is 0.788 bits per heavy atom. The molecule has 0 aromatic heterocycles. The number of hydrazine groups is 1. The number of nitrogens with one attached hydrogen (secondary N) is 3. The fraction of sp³-hybridized carbons (Fsp3) is 0.192. The third-order valence-corrected chi connectivity index (χ3v) is 4.80. The van der Waals surface area contributed by atoms with E-state index in [9.17, 15) is 14.4 Å². The highest BCUT2D eigenvalue weighted by molar-refractivity contribution is 5.99. The van der Waals surface area contributed by atoms with Crippen LogP contribution in [0.4, 0.5) is 5.69 Å². The molecule has 3 aromatic carbocycles. The Morgan fingerprint density at radius 2 is 1.48 bits per heavy atom. The minimum Gasteiger partial charge on any atom is -0.493 e. The van der Waals surface area contributed by atoms with Crippen LogP contribution in [0.15, 0.2) is 78.9 Å². The number of benzene rings is 3. The lowest BCUT2D eigenvalue weighted by atomic mass is 10.2. The van der Waals surface area contributed by atoms with Crippen LogP contribution >= 0.6 is 0 Å².